The van der Waals surface area contributed by atoms with Gasteiger partial charge >= 0.3 is 0 Å². The normalized spacial score (nSPS) is 10.9. The van der Waals surface area contributed by atoms with E-state index in [-0.39, 0.29) is 17.9 Å². The fourth-order valence-corrected chi connectivity index (χ4v) is 4.10. The molecule has 5 rings (SSSR count). The number of pyridine rings is 2. The van der Waals surface area contributed by atoms with Crippen molar-refractivity contribution in [3.05, 3.63) is 107 Å². The van der Waals surface area contributed by atoms with Crippen LogP contribution in [-0.4, -0.2) is 22.6 Å². The van der Waals surface area contributed by atoms with Crippen molar-refractivity contribution in [3.63, 3.8) is 0 Å². The van der Waals surface area contributed by atoms with Crippen LogP contribution in [0.5, 0.6) is 11.5 Å². The van der Waals surface area contributed by atoms with Crippen LogP contribution in [0.2, 0.25) is 0 Å². The van der Waals surface area contributed by atoms with Crippen molar-refractivity contribution in [1.29, 1.82) is 0 Å². The molecule has 2 aromatic heterocycles. The summed E-state index contributed by atoms with van der Waals surface area (Å²) in [7, 11) is 1.57. The average molecular weight is 466 g/mol. The van der Waals surface area contributed by atoms with E-state index in [4.69, 9.17) is 9.47 Å². The highest BCUT2D eigenvalue weighted by Gasteiger charge is 2.14. The van der Waals surface area contributed by atoms with Gasteiger partial charge in [0.15, 0.2) is 16.9 Å². The zero-order chi connectivity index (χ0) is 24.2. The largest absolute Gasteiger partial charge is 0.493 e. The van der Waals surface area contributed by atoms with Gasteiger partial charge in [0.05, 0.1) is 18.1 Å². The van der Waals surface area contributed by atoms with Gasteiger partial charge < -0.3 is 19.4 Å². The van der Waals surface area contributed by atoms with Crippen molar-refractivity contribution in [2.75, 3.05) is 12.4 Å². The third kappa shape index (κ3) is 4.56. The monoisotopic (exact) mass is 465 g/mol. The quantitative estimate of drug-likeness (QED) is 0.350. The molecule has 0 aliphatic rings. The van der Waals surface area contributed by atoms with E-state index < -0.39 is 0 Å². The number of benzene rings is 3. The fourth-order valence-electron chi connectivity index (χ4n) is 4.10. The van der Waals surface area contributed by atoms with Crippen molar-refractivity contribution in [1.82, 2.24) is 9.55 Å². The van der Waals surface area contributed by atoms with Crippen LogP contribution in [0.1, 0.15) is 5.56 Å². The molecule has 0 unspecified atom stereocenters. The highest BCUT2D eigenvalue weighted by Crippen LogP contribution is 2.31. The minimum atomic E-state index is -0.228. The second kappa shape index (κ2) is 9.69. The van der Waals surface area contributed by atoms with Crippen LogP contribution in [-0.2, 0) is 17.9 Å². The van der Waals surface area contributed by atoms with E-state index in [1.54, 1.807) is 49.8 Å². The molecule has 0 spiro atoms. The number of hydrogen-bond acceptors (Lipinski definition) is 5. The lowest BCUT2D eigenvalue weighted by Gasteiger charge is -2.16. The molecule has 174 valence electrons. The van der Waals surface area contributed by atoms with Crippen LogP contribution in [0.25, 0.3) is 21.8 Å². The van der Waals surface area contributed by atoms with E-state index in [9.17, 15) is 9.59 Å². The summed E-state index contributed by atoms with van der Waals surface area (Å²) in [6.07, 6.45) is 3.41. The Morgan fingerprint density at radius 3 is 2.20 bits per heavy atom. The molecule has 0 aliphatic heterocycles. The number of rotatable bonds is 7. The first-order chi connectivity index (χ1) is 17.1. The van der Waals surface area contributed by atoms with Crippen LogP contribution >= 0.6 is 0 Å². The minimum Gasteiger partial charge on any atom is -0.493 e. The molecule has 0 saturated carbocycles. The number of fused-ring (bicyclic) bond motifs is 2. The zero-order valence-corrected chi connectivity index (χ0v) is 19.1. The number of methoxy groups -OCH3 is 1. The van der Waals surface area contributed by atoms with Crippen molar-refractivity contribution in [2.24, 2.45) is 0 Å². The van der Waals surface area contributed by atoms with E-state index in [2.05, 4.69) is 10.3 Å². The van der Waals surface area contributed by atoms with E-state index in [1.807, 2.05) is 53.1 Å². The lowest BCUT2D eigenvalue weighted by Crippen LogP contribution is -2.21. The van der Waals surface area contributed by atoms with E-state index in [1.165, 1.54) is 0 Å². The molecule has 0 radical (unpaired) electrons. The van der Waals surface area contributed by atoms with Gasteiger partial charge in [-0.3, -0.25) is 14.6 Å². The smallest absolute Gasteiger partial charge is 0.244 e. The highest BCUT2D eigenvalue weighted by atomic mass is 16.5. The van der Waals surface area contributed by atoms with Gasteiger partial charge in [-0.1, -0.05) is 24.3 Å². The molecule has 7 nitrogen and oxygen atoms in total. The van der Waals surface area contributed by atoms with E-state index >= 15 is 0 Å². The van der Waals surface area contributed by atoms with Gasteiger partial charge in [-0.25, -0.2) is 0 Å². The molecule has 5 aromatic rings. The number of para-hydroxylation sites is 2. The number of nitrogens with zero attached hydrogens (tertiary/aromatic N) is 2. The molecular formula is C28H23N3O4. The van der Waals surface area contributed by atoms with Gasteiger partial charge in [0.25, 0.3) is 0 Å². The van der Waals surface area contributed by atoms with E-state index in [0.29, 0.717) is 45.6 Å². The Bertz CT molecular complexity index is 1520. The average Bonchev–Trinajstić information content (AvgIpc) is 2.90. The Hall–Kier alpha value is -4.65. The first kappa shape index (κ1) is 22.2. The van der Waals surface area contributed by atoms with Crippen molar-refractivity contribution < 1.29 is 14.3 Å². The lowest BCUT2D eigenvalue weighted by molar-refractivity contribution is -0.116. The minimum absolute atomic E-state index is 0.0422. The standard InChI is InChI=1S/C28H23N3O4/c1-34-25-11-10-20(16-26(25)35-18-19-12-14-29-15-13-19)30-27(32)17-31-23-8-4-2-6-21(23)28(33)22-7-3-5-9-24(22)31/h2-16H,17-18H2,1H3,(H,30,32). The molecule has 0 aliphatic carbocycles. The summed E-state index contributed by atoms with van der Waals surface area (Å²) in [6.45, 7) is 0.381. The summed E-state index contributed by atoms with van der Waals surface area (Å²) in [5, 5.41) is 4.10. The third-order valence-electron chi connectivity index (χ3n) is 5.77. The molecule has 0 fully saturated rings. The van der Waals surface area contributed by atoms with Gasteiger partial charge in [-0.05, 0) is 54.1 Å². The number of amides is 1. The Kier molecular flexibility index (Phi) is 6.13. The van der Waals surface area contributed by atoms with E-state index in [0.717, 1.165) is 5.56 Å². The van der Waals surface area contributed by atoms with Gasteiger partial charge in [-0.15, -0.1) is 0 Å². The maximum Gasteiger partial charge on any atom is 0.244 e. The molecule has 0 bridgehead atoms. The summed E-state index contributed by atoms with van der Waals surface area (Å²) in [6, 6.07) is 23.7. The van der Waals surface area contributed by atoms with Gasteiger partial charge in [0.1, 0.15) is 13.2 Å². The summed E-state index contributed by atoms with van der Waals surface area (Å²) < 4.78 is 13.2. The molecule has 0 atom stereocenters. The molecular weight excluding hydrogens is 442 g/mol. The summed E-state index contributed by atoms with van der Waals surface area (Å²) in [5.74, 6) is 0.852. The van der Waals surface area contributed by atoms with Gasteiger partial charge in [0.2, 0.25) is 5.91 Å². The lowest BCUT2D eigenvalue weighted by atomic mass is 10.1. The molecule has 0 saturated heterocycles. The van der Waals surface area contributed by atoms with Gasteiger partial charge in [-0.2, -0.15) is 0 Å². The summed E-state index contributed by atoms with van der Waals surface area (Å²) in [5.41, 5.74) is 2.92. The van der Waals surface area contributed by atoms with Crippen LogP contribution < -0.4 is 20.2 Å². The molecule has 1 amide bonds. The Morgan fingerprint density at radius 1 is 0.886 bits per heavy atom. The second-order valence-electron chi connectivity index (χ2n) is 8.01. The Labute approximate surface area is 201 Å². The van der Waals surface area contributed by atoms with Crippen LogP contribution in [0, 0.1) is 0 Å². The van der Waals surface area contributed by atoms with Crippen LogP contribution in [0.15, 0.2) is 96.1 Å². The number of aromatic nitrogens is 2. The Morgan fingerprint density at radius 2 is 1.54 bits per heavy atom. The maximum absolute atomic E-state index is 13.1. The fraction of sp³-hybridized carbons (Fsp3) is 0.107. The third-order valence-corrected chi connectivity index (χ3v) is 5.77. The van der Waals surface area contributed by atoms with Crippen LogP contribution in [0.3, 0.4) is 0 Å². The number of ether oxygens (including phenoxy) is 2. The predicted molar refractivity (Wildman–Crippen MR) is 136 cm³/mol. The number of carbonyl (C=O) groups is 1. The molecule has 2 heterocycles. The number of carbonyl (C=O) groups excluding carboxylic acids is 1. The molecule has 35 heavy (non-hydrogen) atoms. The van der Waals surface area contributed by atoms with Crippen molar-refractivity contribution in [2.45, 2.75) is 13.2 Å². The number of anilines is 1. The maximum atomic E-state index is 13.1. The van der Waals surface area contributed by atoms with Crippen LogP contribution in [0.4, 0.5) is 5.69 Å². The first-order valence-corrected chi connectivity index (χ1v) is 11.1. The van der Waals surface area contributed by atoms with Gasteiger partial charge in [0, 0.05) is 34.9 Å². The summed E-state index contributed by atoms with van der Waals surface area (Å²) >= 11 is 0. The SMILES string of the molecule is COc1ccc(NC(=O)Cn2c3ccccc3c(=O)c3ccccc32)cc1OCc1ccncc1. The molecule has 1 N–H and O–H groups in total. The molecule has 7 heteroatoms. The predicted octanol–water partition coefficient (Wildman–Crippen LogP) is 4.78. The first-order valence-electron chi connectivity index (χ1n) is 11.1. The summed E-state index contributed by atoms with van der Waals surface area (Å²) in [4.78, 5) is 30.1. The number of nitrogens with one attached hydrogen (secondary N) is 1. The van der Waals surface area contributed by atoms with Crippen molar-refractivity contribution >= 4 is 33.4 Å². The second-order valence-corrected chi connectivity index (χ2v) is 8.01. The number of hydrogen-bond donors (Lipinski definition) is 1. The highest BCUT2D eigenvalue weighted by molar-refractivity contribution is 5.97. The molecule has 3 aromatic carbocycles. The van der Waals surface area contributed by atoms with Crippen molar-refractivity contribution in [3.8, 4) is 11.5 Å². The zero-order valence-electron chi connectivity index (χ0n) is 19.1. The topological polar surface area (TPSA) is 82.5 Å². The Balaban J connectivity index is 1.42.